The van der Waals surface area contributed by atoms with Crippen molar-refractivity contribution in [1.29, 1.82) is 0 Å². The summed E-state index contributed by atoms with van der Waals surface area (Å²) in [6, 6.07) is 9.30. The third-order valence-corrected chi connectivity index (χ3v) is 4.16. The SMILES string of the molecule is CCCN(CC(=O)Nc1ccccc1C)C(=O)c1nc2nccc(C)n2n1. The molecule has 0 bridgehead atoms. The van der Waals surface area contributed by atoms with Gasteiger partial charge >= 0.3 is 0 Å². The molecular formula is C19H22N6O2. The number of aromatic nitrogens is 4. The number of anilines is 1. The minimum absolute atomic E-state index is 0.0361. The second-order valence-electron chi connectivity index (χ2n) is 6.32. The Bertz CT molecular complexity index is 981. The zero-order valence-corrected chi connectivity index (χ0v) is 15.6. The fourth-order valence-corrected chi connectivity index (χ4v) is 2.74. The van der Waals surface area contributed by atoms with Crippen LogP contribution in [0, 0.1) is 13.8 Å². The summed E-state index contributed by atoms with van der Waals surface area (Å²) in [5.41, 5.74) is 2.52. The first-order chi connectivity index (χ1) is 13.0. The number of hydrogen-bond acceptors (Lipinski definition) is 5. The third kappa shape index (κ3) is 4.11. The Kier molecular flexibility index (Phi) is 5.44. The highest BCUT2D eigenvalue weighted by Crippen LogP contribution is 2.13. The number of fused-ring (bicyclic) bond motifs is 1. The maximum atomic E-state index is 12.9. The maximum absolute atomic E-state index is 12.9. The van der Waals surface area contributed by atoms with Crippen LogP contribution < -0.4 is 5.32 Å². The Morgan fingerprint density at radius 3 is 2.67 bits per heavy atom. The van der Waals surface area contributed by atoms with Gasteiger partial charge in [0.15, 0.2) is 0 Å². The van der Waals surface area contributed by atoms with E-state index in [1.165, 1.54) is 9.42 Å². The van der Waals surface area contributed by atoms with Crippen LogP contribution >= 0.6 is 0 Å². The average molecular weight is 366 g/mol. The summed E-state index contributed by atoms with van der Waals surface area (Å²) in [6.07, 6.45) is 2.33. The zero-order valence-electron chi connectivity index (χ0n) is 15.6. The van der Waals surface area contributed by atoms with Gasteiger partial charge in [-0.2, -0.15) is 4.98 Å². The van der Waals surface area contributed by atoms with E-state index >= 15 is 0 Å². The average Bonchev–Trinajstić information content (AvgIpc) is 3.08. The molecule has 0 fully saturated rings. The minimum atomic E-state index is -0.387. The number of hydrogen-bond donors (Lipinski definition) is 1. The Labute approximate surface area is 157 Å². The van der Waals surface area contributed by atoms with Crippen molar-refractivity contribution in [3.05, 3.63) is 53.6 Å². The molecule has 0 saturated carbocycles. The van der Waals surface area contributed by atoms with Crippen LogP contribution in [0.5, 0.6) is 0 Å². The smallest absolute Gasteiger partial charge is 0.294 e. The first-order valence-corrected chi connectivity index (χ1v) is 8.82. The minimum Gasteiger partial charge on any atom is -0.327 e. The van der Waals surface area contributed by atoms with Crippen LogP contribution in [0.15, 0.2) is 36.5 Å². The molecule has 0 atom stereocenters. The Hall–Kier alpha value is -3.29. The van der Waals surface area contributed by atoms with Crippen molar-refractivity contribution in [1.82, 2.24) is 24.5 Å². The van der Waals surface area contributed by atoms with E-state index < -0.39 is 0 Å². The molecule has 0 unspecified atom stereocenters. The topological polar surface area (TPSA) is 92.5 Å². The van der Waals surface area contributed by atoms with E-state index in [1.807, 2.05) is 45.0 Å². The number of rotatable bonds is 6. The third-order valence-electron chi connectivity index (χ3n) is 4.16. The molecule has 2 aromatic heterocycles. The van der Waals surface area contributed by atoms with E-state index in [0.29, 0.717) is 18.7 Å². The fourth-order valence-electron chi connectivity index (χ4n) is 2.74. The van der Waals surface area contributed by atoms with Crippen LogP contribution in [0.4, 0.5) is 5.69 Å². The molecule has 0 aliphatic rings. The number of carbonyl (C=O) groups is 2. The number of nitrogens with zero attached hydrogens (tertiary/aromatic N) is 5. The van der Waals surface area contributed by atoms with Gasteiger partial charge in [0.25, 0.3) is 11.7 Å². The fraction of sp³-hybridized carbons (Fsp3) is 0.316. The number of aryl methyl sites for hydroxylation is 2. The van der Waals surface area contributed by atoms with Gasteiger partial charge in [0.05, 0.1) is 0 Å². The molecule has 3 aromatic rings. The summed E-state index contributed by atoms with van der Waals surface area (Å²) in [5, 5.41) is 7.09. The normalized spacial score (nSPS) is 10.8. The Balaban J connectivity index is 1.77. The van der Waals surface area contributed by atoms with E-state index in [2.05, 4.69) is 20.4 Å². The Morgan fingerprint density at radius 1 is 1.19 bits per heavy atom. The monoisotopic (exact) mass is 366 g/mol. The lowest BCUT2D eigenvalue weighted by Crippen LogP contribution is -2.39. The van der Waals surface area contributed by atoms with Crippen molar-refractivity contribution in [2.75, 3.05) is 18.4 Å². The molecule has 0 aliphatic carbocycles. The van der Waals surface area contributed by atoms with Crippen molar-refractivity contribution in [2.45, 2.75) is 27.2 Å². The summed E-state index contributed by atoms with van der Waals surface area (Å²) < 4.78 is 1.52. The molecular weight excluding hydrogens is 344 g/mol. The number of nitrogens with one attached hydrogen (secondary N) is 1. The molecule has 2 heterocycles. The van der Waals surface area contributed by atoms with Crippen LogP contribution in [-0.2, 0) is 4.79 Å². The summed E-state index contributed by atoms with van der Waals surface area (Å²) in [6.45, 7) is 6.09. The first-order valence-electron chi connectivity index (χ1n) is 8.82. The summed E-state index contributed by atoms with van der Waals surface area (Å²) in [5.74, 6) is -0.251. The van der Waals surface area contributed by atoms with Crippen molar-refractivity contribution in [2.24, 2.45) is 0 Å². The lowest BCUT2D eigenvalue weighted by molar-refractivity contribution is -0.116. The van der Waals surface area contributed by atoms with Crippen LogP contribution in [0.25, 0.3) is 5.78 Å². The van der Waals surface area contributed by atoms with Gasteiger partial charge in [0, 0.05) is 24.1 Å². The quantitative estimate of drug-likeness (QED) is 0.722. The van der Waals surface area contributed by atoms with E-state index in [4.69, 9.17) is 0 Å². The molecule has 0 saturated heterocycles. The van der Waals surface area contributed by atoms with Crippen molar-refractivity contribution < 1.29 is 9.59 Å². The highest BCUT2D eigenvalue weighted by Gasteiger charge is 2.23. The first kappa shape index (κ1) is 18.5. The molecule has 0 radical (unpaired) electrons. The van der Waals surface area contributed by atoms with Gasteiger partial charge in [-0.3, -0.25) is 9.59 Å². The summed E-state index contributed by atoms with van der Waals surface area (Å²) in [4.78, 5) is 35.1. The van der Waals surface area contributed by atoms with Gasteiger partial charge in [-0.1, -0.05) is 25.1 Å². The molecule has 8 nitrogen and oxygen atoms in total. The van der Waals surface area contributed by atoms with Gasteiger partial charge in [-0.15, -0.1) is 5.10 Å². The lowest BCUT2D eigenvalue weighted by atomic mass is 10.2. The molecule has 140 valence electrons. The standard InChI is InChI=1S/C19H22N6O2/c1-4-11-24(12-16(26)21-15-8-6-5-7-13(15)2)18(27)17-22-19-20-10-9-14(3)25(19)23-17/h5-10H,4,11-12H2,1-3H3,(H,21,26). The lowest BCUT2D eigenvalue weighted by Gasteiger charge is -2.20. The van der Waals surface area contributed by atoms with Crippen molar-refractivity contribution >= 4 is 23.3 Å². The highest BCUT2D eigenvalue weighted by atomic mass is 16.2. The molecule has 8 heteroatoms. The summed E-state index contributed by atoms with van der Waals surface area (Å²) >= 11 is 0. The van der Waals surface area contributed by atoms with Crippen molar-refractivity contribution in [3.8, 4) is 0 Å². The second kappa shape index (κ2) is 7.94. The Morgan fingerprint density at radius 2 is 1.96 bits per heavy atom. The zero-order chi connectivity index (χ0) is 19.4. The van der Waals surface area contributed by atoms with E-state index in [-0.39, 0.29) is 24.2 Å². The van der Waals surface area contributed by atoms with E-state index in [1.54, 1.807) is 12.3 Å². The van der Waals surface area contributed by atoms with Crippen molar-refractivity contribution in [3.63, 3.8) is 0 Å². The predicted molar refractivity (Wildman–Crippen MR) is 102 cm³/mol. The number of para-hydroxylation sites is 1. The van der Waals surface area contributed by atoms with E-state index in [0.717, 1.165) is 16.9 Å². The summed E-state index contributed by atoms with van der Waals surface area (Å²) in [7, 11) is 0. The number of benzene rings is 1. The van der Waals surface area contributed by atoms with E-state index in [9.17, 15) is 9.59 Å². The van der Waals surface area contributed by atoms with Crippen LogP contribution in [0.2, 0.25) is 0 Å². The molecule has 1 aromatic carbocycles. The molecule has 27 heavy (non-hydrogen) atoms. The molecule has 3 rings (SSSR count). The molecule has 0 spiro atoms. The molecule has 1 N–H and O–H groups in total. The van der Waals surface area contributed by atoms with Gasteiger partial charge in [0.1, 0.15) is 6.54 Å². The van der Waals surface area contributed by atoms with Crippen LogP contribution in [-0.4, -0.2) is 49.4 Å². The highest BCUT2D eigenvalue weighted by molar-refractivity contribution is 5.98. The van der Waals surface area contributed by atoms with Gasteiger partial charge in [-0.05, 0) is 38.0 Å². The van der Waals surface area contributed by atoms with Crippen LogP contribution in [0.1, 0.15) is 35.2 Å². The van der Waals surface area contributed by atoms with Gasteiger partial charge in [-0.25, -0.2) is 9.50 Å². The molecule has 0 aliphatic heterocycles. The predicted octanol–water partition coefficient (Wildman–Crippen LogP) is 2.23. The number of carbonyl (C=O) groups excluding carboxylic acids is 2. The van der Waals surface area contributed by atoms with Gasteiger partial charge in [0.2, 0.25) is 11.7 Å². The largest absolute Gasteiger partial charge is 0.327 e. The van der Waals surface area contributed by atoms with Gasteiger partial charge < -0.3 is 10.2 Å². The van der Waals surface area contributed by atoms with Crippen LogP contribution in [0.3, 0.4) is 0 Å². The maximum Gasteiger partial charge on any atom is 0.294 e. The second-order valence-corrected chi connectivity index (χ2v) is 6.32. The number of amides is 2. The molecule has 2 amide bonds.